The number of rotatable bonds is 4. The molecule has 0 unspecified atom stereocenters. The topological polar surface area (TPSA) is 27.0 Å². The Balaban J connectivity index is 1.56. The number of nitrogens with zero attached hydrogens (tertiary/aromatic N) is 2. The summed E-state index contributed by atoms with van der Waals surface area (Å²) in [4.78, 5) is 2.19. The second-order valence-corrected chi connectivity index (χ2v) is 6.78. The molecule has 4 bridgehead atoms. The summed E-state index contributed by atoms with van der Waals surface area (Å²) in [6, 6.07) is 2.25. The zero-order valence-corrected chi connectivity index (χ0v) is 10.9. The highest BCUT2D eigenvalue weighted by molar-refractivity contribution is 4.98. The standard InChI is InChI=1S/C15H24N2/c1-17(5-3-16)4-2-15-13-7-11-6-12(9-13)10-14(15)8-11/h11-15H,2,4-10H2,1H3. The van der Waals surface area contributed by atoms with E-state index in [1.54, 1.807) is 6.42 Å². The van der Waals surface area contributed by atoms with Crippen LogP contribution < -0.4 is 0 Å². The minimum absolute atomic E-state index is 0.591. The van der Waals surface area contributed by atoms with E-state index < -0.39 is 0 Å². The molecule has 2 heteroatoms. The van der Waals surface area contributed by atoms with Crippen LogP contribution in [-0.4, -0.2) is 25.0 Å². The molecule has 4 aliphatic carbocycles. The van der Waals surface area contributed by atoms with E-state index in [2.05, 4.69) is 18.0 Å². The van der Waals surface area contributed by atoms with Gasteiger partial charge >= 0.3 is 0 Å². The van der Waals surface area contributed by atoms with Crippen LogP contribution >= 0.6 is 0 Å². The minimum Gasteiger partial charge on any atom is -0.294 e. The molecular weight excluding hydrogens is 208 g/mol. The average molecular weight is 232 g/mol. The van der Waals surface area contributed by atoms with Crippen LogP contribution in [0.15, 0.2) is 0 Å². The maximum atomic E-state index is 8.68. The first-order valence-corrected chi connectivity index (χ1v) is 7.31. The highest BCUT2D eigenvalue weighted by Crippen LogP contribution is 2.57. The van der Waals surface area contributed by atoms with Gasteiger partial charge in [0.25, 0.3) is 0 Å². The van der Waals surface area contributed by atoms with Gasteiger partial charge in [-0.05, 0) is 81.7 Å². The van der Waals surface area contributed by atoms with Gasteiger partial charge in [0.05, 0.1) is 12.6 Å². The first-order chi connectivity index (χ1) is 8.26. The second-order valence-electron chi connectivity index (χ2n) is 6.78. The maximum absolute atomic E-state index is 8.68. The zero-order valence-electron chi connectivity index (χ0n) is 10.9. The molecule has 0 N–H and O–H groups in total. The lowest BCUT2D eigenvalue weighted by Gasteiger charge is -2.54. The van der Waals surface area contributed by atoms with Crippen molar-refractivity contribution < 1.29 is 0 Å². The fraction of sp³-hybridized carbons (Fsp3) is 0.933. The molecule has 0 aromatic rings. The van der Waals surface area contributed by atoms with Crippen molar-refractivity contribution in [2.75, 3.05) is 20.1 Å². The Morgan fingerprint density at radius 3 is 2.18 bits per heavy atom. The molecule has 4 rings (SSSR count). The summed E-state index contributed by atoms with van der Waals surface area (Å²) in [5.74, 6) is 5.25. The van der Waals surface area contributed by atoms with E-state index in [4.69, 9.17) is 5.26 Å². The third kappa shape index (κ3) is 2.22. The molecule has 0 aromatic carbocycles. The largest absolute Gasteiger partial charge is 0.294 e. The number of nitriles is 1. The fourth-order valence-corrected chi connectivity index (χ4v) is 5.08. The summed E-state index contributed by atoms with van der Waals surface area (Å²) in [6.45, 7) is 1.72. The lowest BCUT2D eigenvalue weighted by Crippen LogP contribution is -2.45. The van der Waals surface area contributed by atoms with Crippen LogP contribution in [0.3, 0.4) is 0 Å². The molecular formula is C15H24N2. The molecule has 0 amide bonds. The molecule has 4 saturated carbocycles. The smallest absolute Gasteiger partial charge is 0.0863 e. The highest BCUT2D eigenvalue weighted by atomic mass is 15.1. The van der Waals surface area contributed by atoms with Gasteiger partial charge in [0.2, 0.25) is 0 Å². The van der Waals surface area contributed by atoms with Gasteiger partial charge in [0, 0.05) is 0 Å². The highest BCUT2D eigenvalue weighted by Gasteiger charge is 2.47. The summed E-state index contributed by atoms with van der Waals surface area (Å²) in [6.07, 6.45) is 9.00. The molecule has 4 aliphatic rings. The third-order valence-corrected chi connectivity index (χ3v) is 5.61. The van der Waals surface area contributed by atoms with E-state index in [0.29, 0.717) is 6.54 Å². The van der Waals surface area contributed by atoms with Gasteiger partial charge in [0.1, 0.15) is 0 Å². The Hall–Kier alpha value is -0.550. The number of hydrogen-bond acceptors (Lipinski definition) is 2. The first-order valence-electron chi connectivity index (χ1n) is 7.31. The Morgan fingerprint density at radius 2 is 1.65 bits per heavy atom. The van der Waals surface area contributed by atoms with E-state index in [1.165, 1.54) is 32.1 Å². The van der Waals surface area contributed by atoms with Crippen molar-refractivity contribution >= 4 is 0 Å². The SMILES string of the molecule is CN(CC#N)CCC1C2CC3CC(C2)CC1C3. The summed E-state index contributed by atoms with van der Waals surface area (Å²) < 4.78 is 0. The monoisotopic (exact) mass is 232 g/mol. The molecule has 0 heterocycles. The lowest BCUT2D eigenvalue weighted by atomic mass is 9.51. The van der Waals surface area contributed by atoms with Crippen LogP contribution in [0.5, 0.6) is 0 Å². The molecule has 17 heavy (non-hydrogen) atoms. The lowest BCUT2D eigenvalue weighted by molar-refractivity contribution is -0.0417. The predicted octanol–water partition coefficient (Wildman–Crippen LogP) is 2.90. The Bertz CT molecular complexity index is 289. The van der Waals surface area contributed by atoms with Gasteiger partial charge in [-0.15, -0.1) is 0 Å². The predicted molar refractivity (Wildman–Crippen MR) is 68.3 cm³/mol. The van der Waals surface area contributed by atoms with Crippen molar-refractivity contribution in [2.24, 2.45) is 29.6 Å². The molecule has 4 fully saturated rings. The van der Waals surface area contributed by atoms with Crippen LogP contribution in [0.25, 0.3) is 0 Å². The van der Waals surface area contributed by atoms with E-state index in [9.17, 15) is 0 Å². The van der Waals surface area contributed by atoms with Gasteiger partial charge in [-0.2, -0.15) is 5.26 Å². The zero-order chi connectivity index (χ0) is 11.8. The molecule has 0 spiro atoms. The van der Waals surface area contributed by atoms with E-state index in [-0.39, 0.29) is 0 Å². The number of hydrogen-bond donors (Lipinski definition) is 0. The molecule has 0 radical (unpaired) electrons. The summed E-state index contributed by atoms with van der Waals surface area (Å²) in [5, 5.41) is 8.68. The molecule has 0 aliphatic heterocycles. The Morgan fingerprint density at radius 1 is 1.06 bits per heavy atom. The van der Waals surface area contributed by atoms with Crippen LogP contribution in [0, 0.1) is 40.9 Å². The van der Waals surface area contributed by atoms with E-state index in [1.807, 2.05) is 0 Å². The molecule has 2 nitrogen and oxygen atoms in total. The van der Waals surface area contributed by atoms with E-state index >= 15 is 0 Å². The van der Waals surface area contributed by atoms with Gasteiger partial charge in [-0.1, -0.05) is 0 Å². The summed E-state index contributed by atoms with van der Waals surface area (Å²) in [7, 11) is 2.08. The Labute approximate surface area is 105 Å². The van der Waals surface area contributed by atoms with Crippen molar-refractivity contribution in [2.45, 2.75) is 38.5 Å². The summed E-state index contributed by atoms with van der Waals surface area (Å²) in [5.41, 5.74) is 0. The van der Waals surface area contributed by atoms with Crippen molar-refractivity contribution in [1.82, 2.24) is 4.90 Å². The van der Waals surface area contributed by atoms with Crippen molar-refractivity contribution in [1.29, 1.82) is 5.26 Å². The Kier molecular flexibility index (Phi) is 3.13. The van der Waals surface area contributed by atoms with Gasteiger partial charge in [-0.25, -0.2) is 0 Å². The van der Waals surface area contributed by atoms with Gasteiger partial charge < -0.3 is 0 Å². The van der Waals surface area contributed by atoms with Gasteiger partial charge in [0.15, 0.2) is 0 Å². The quantitative estimate of drug-likeness (QED) is 0.697. The first kappa shape index (κ1) is 11.5. The maximum Gasteiger partial charge on any atom is 0.0863 e. The summed E-state index contributed by atoms with van der Waals surface area (Å²) >= 11 is 0. The normalized spacial score (nSPS) is 43.0. The molecule has 94 valence electrons. The minimum atomic E-state index is 0.591. The van der Waals surface area contributed by atoms with Crippen molar-refractivity contribution in [3.63, 3.8) is 0 Å². The fourth-order valence-electron chi connectivity index (χ4n) is 5.08. The molecule has 0 aromatic heterocycles. The van der Waals surface area contributed by atoms with Crippen molar-refractivity contribution in [3.05, 3.63) is 0 Å². The molecule has 0 saturated heterocycles. The van der Waals surface area contributed by atoms with Crippen molar-refractivity contribution in [3.8, 4) is 6.07 Å². The van der Waals surface area contributed by atoms with Crippen LogP contribution in [-0.2, 0) is 0 Å². The second kappa shape index (κ2) is 4.61. The van der Waals surface area contributed by atoms with Crippen LogP contribution in [0.1, 0.15) is 38.5 Å². The van der Waals surface area contributed by atoms with E-state index in [0.717, 1.165) is 36.1 Å². The molecule has 0 atom stereocenters. The van der Waals surface area contributed by atoms with Crippen LogP contribution in [0.2, 0.25) is 0 Å². The third-order valence-electron chi connectivity index (χ3n) is 5.61. The average Bonchev–Trinajstić information content (AvgIpc) is 2.27. The van der Waals surface area contributed by atoms with Crippen LogP contribution in [0.4, 0.5) is 0 Å². The van der Waals surface area contributed by atoms with Gasteiger partial charge in [-0.3, -0.25) is 4.90 Å².